The lowest BCUT2D eigenvalue weighted by Crippen LogP contribution is -2.60. The number of likely N-dealkylation sites (tertiary alicyclic amines) is 1. The molecule has 1 fully saturated rings. The Labute approximate surface area is 415 Å². The van der Waals surface area contributed by atoms with Gasteiger partial charge in [-0.15, -0.1) is 0 Å². The second-order valence-electron chi connectivity index (χ2n) is 20.3. The number of methoxy groups -OCH3 is 1. The van der Waals surface area contributed by atoms with E-state index in [0.29, 0.717) is 25.1 Å². The predicted octanol–water partition coefficient (Wildman–Crippen LogP) is 6.32. The number of hydrogen-bond acceptors (Lipinski definition) is 8. The van der Waals surface area contributed by atoms with E-state index in [2.05, 4.69) is 56.5 Å². The molecule has 5 aromatic rings. The maximum atomic E-state index is 14.7. The number of nitrogens with one attached hydrogen (secondary N) is 4. The third-order valence-corrected chi connectivity index (χ3v) is 14.5. The number of nitrogens with zero attached hydrogens (tertiary/aromatic N) is 4. The molecule has 16 heteroatoms. The first-order valence-corrected chi connectivity index (χ1v) is 24.5. The molecule has 5 N–H and O–H groups in total. The number of rotatable bonds is 14. The summed E-state index contributed by atoms with van der Waals surface area (Å²) in [6, 6.07) is 28.7. The van der Waals surface area contributed by atoms with Crippen molar-refractivity contribution in [1.82, 2.24) is 40.5 Å². The molecule has 3 aliphatic rings. The lowest BCUT2D eigenvalue weighted by atomic mass is 9.85. The average molecular weight is 967 g/mol. The van der Waals surface area contributed by atoms with Crippen molar-refractivity contribution in [1.29, 1.82) is 0 Å². The maximum Gasteiger partial charge on any atom is 0.407 e. The molecule has 0 bridgehead atoms. The minimum atomic E-state index is -1.30. The van der Waals surface area contributed by atoms with Gasteiger partial charge in [-0.2, -0.15) is 0 Å². The second-order valence-corrected chi connectivity index (χ2v) is 20.3. The number of aromatic nitrogens is 1. The van der Waals surface area contributed by atoms with Crippen molar-refractivity contribution in [3.8, 4) is 0 Å². The van der Waals surface area contributed by atoms with Crippen LogP contribution in [0, 0.1) is 5.41 Å². The Bertz CT molecular complexity index is 2770. The fourth-order valence-electron chi connectivity index (χ4n) is 10.4. The van der Waals surface area contributed by atoms with Crippen LogP contribution in [0.5, 0.6) is 0 Å². The molecular weight excluding hydrogens is 901 g/mol. The van der Waals surface area contributed by atoms with Gasteiger partial charge in [0.2, 0.25) is 23.6 Å². The number of benzene rings is 4. The summed E-state index contributed by atoms with van der Waals surface area (Å²) in [5, 5.41) is 22.6. The zero-order chi connectivity index (χ0) is 50.6. The Morgan fingerprint density at radius 1 is 0.845 bits per heavy atom. The molecule has 6 amide bonds. The van der Waals surface area contributed by atoms with Gasteiger partial charge in [-0.1, -0.05) is 106 Å². The number of ether oxygens (including phenoxy) is 1. The van der Waals surface area contributed by atoms with Crippen LogP contribution in [0.4, 0.5) is 9.59 Å². The highest BCUT2D eigenvalue weighted by Gasteiger charge is 2.46. The molecule has 0 unspecified atom stereocenters. The average Bonchev–Trinajstić information content (AvgIpc) is 4.00. The fourth-order valence-corrected chi connectivity index (χ4v) is 10.4. The predicted molar refractivity (Wildman–Crippen MR) is 269 cm³/mol. The van der Waals surface area contributed by atoms with Gasteiger partial charge < -0.3 is 36.0 Å². The van der Waals surface area contributed by atoms with Crippen LogP contribution in [0.1, 0.15) is 92.4 Å². The third-order valence-electron chi connectivity index (χ3n) is 14.5. The van der Waals surface area contributed by atoms with Crippen molar-refractivity contribution in [3.63, 3.8) is 0 Å². The Hall–Kier alpha value is -7.04. The molecule has 0 spiro atoms. The van der Waals surface area contributed by atoms with Crippen LogP contribution < -0.4 is 21.3 Å². The van der Waals surface area contributed by atoms with Crippen molar-refractivity contribution >= 4 is 46.7 Å². The summed E-state index contributed by atoms with van der Waals surface area (Å²) >= 11 is 0. The van der Waals surface area contributed by atoms with E-state index in [4.69, 9.17) is 4.74 Å². The smallest absolute Gasteiger partial charge is 0.407 e. The molecule has 0 saturated carbocycles. The summed E-state index contributed by atoms with van der Waals surface area (Å²) < 4.78 is 7.19. The largest absolute Gasteiger partial charge is 0.465 e. The molecule has 7 atom stereocenters. The molecular formula is C55H66N8O8. The Balaban J connectivity index is 0.978. The van der Waals surface area contributed by atoms with Gasteiger partial charge in [0, 0.05) is 45.4 Å². The van der Waals surface area contributed by atoms with E-state index >= 15 is 0 Å². The molecule has 1 saturated heterocycles. The van der Waals surface area contributed by atoms with Crippen LogP contribution in [0.2, 0.25) is 0 Å². The molecule has 3 heterocycles. The summed E-state index contributed by atoms with van der Waals surface area (Å²) in [4.78, 5) is 87.2. The van der Waals surface area contributed by atoms with Crippen molar-refractivity contribution in [2.75, 3.05) is 27.3 Å². The number of aryl methyl sites for hydroxylation is 1. The van der Waals surface area contributed by atoms with Gasteiger partial charge in [-0.05, 0) is 96.0 Å². The van der Waals surface area contributed by atoms with Crippen LogP contribution in [0.25, 0.3) is 10.9 Å². The van der Waals surface area contributed by atoms with Gasteiger partial charge in [0.25, 0.3) is 0 Å². The normalized spacial score (nSPS) is 20.2. The van der Waals surface area contributed by atoms with Gasteiger partial charge in [0.05, 0.1) is 36.3 Å². The van der Waals surface area contributed by atoms with E-state index in [0.717, 1.165) is 57.4 Å². The monoisotopic (exact) mass is 967 g/mol. The summed E-state index contributed by atoms with van der Waals surface area (Å²) in [5.41, 5.74) is 6.24. The first-order valence-electron chi connectivity index (χ1n) is 24.5. The highest BCUT2D eigenvalue weighted by atomic mass is 16.5. The molecule has 1 aromatic heterocycles. The molecule has 374 valence electrons. The molecule has 2 aliphatic heterocycles. The van der Waals surface area contributed by atoms with E-state index in [9.17, 15) is 33.9 Å². The molecule has 0 radical (unpaired) electrons. The quantitative estimate of drug-likeness (QED) is 0.0847. The number of carboxylic acid groups (broad SMARTS) is 1. The third kappa shape index (κ3) is 11.1. The van der Waals surface area contributed by atoms with Crippen molar-refractivity contribution in [2.24, 2.45) is 5.41 Å². The number of carbonyl (C=O) groups excluding carboxylic acids is 5. The molecule has 1 aliphatic carbocycles. The molecule has 4 aromatic carbocycles. The van der Waals surface area contributed by atoms with E-state index in [1.807, 2.05) is 72.8 Å². The van der Waals surface area contributed by atoms with E-state index in [1.165, 1.54) is 29.0 Å². The Kier molecular flexibility index (Phi) is 15.3. The Morgan fingerprint density at radius 2 is 1.55 bits per heavy atom. The lowest BCUT2D eigenvalue weighted by molar-refractivity contribution is -0.144. The van der Waals surface area contributed by atoms with Gasteiger partial charge in [-0.25, -0.2) is 9.59 Å². The summed E-state index contributed by atoms with van der Waals surface area (Å²) in [7, 11) is 2.96. The topological polar surface area (TPSA) is 195 Å². The van der Waals surface area contributed by atoms with Gasteiger partial charge in [-0.3, -0.25) is 33.5 Å². The standard InChI is InChI=1S/C55H66N8O8/c1-34(60(5)54(69)70)49(64)59-48(55(2,3)4)52(67)63-32-41(29-46(63)51(66)58-43-22-14-20-36-15-12-13-21-42(36)43)57-53(68)61-26-25-39-27-35(23-24-44(39)61)30-56-50(65)45-28-38-18-10-11-19-40(38)31-62(45)47(33-71-6)37-16-8-7-9-17-37/h7-13,15-19,21,23-27,34,41,43,45-48H,14,20,22,28-33H2,1-6H3,(H,56,65)(H,57,68)(H,58,66)(H,59,64)(H,69,70)/t34-,41-,43-,45-,46-,47-,48+/m0/s1. The summed E-state index contributed by atoms with van der Waals surface area (Å²) in [6.07, 6.45) is 3.56. The Morgan fingerprint density at radius 3 is 2.27 bits per heavy atom. The number of fused-ring (bicyclic) bond motifs is 3. The maximum absolute atomic E-state index is 14.7. The number of carbonyl (C=O) groups is 6. The van der Waals surface area contributed by atoms with E-state index in [-0.39, 0.29) is 43.4 Å². The van der Waals surface area contributed by atoms with Crippen molar-refractivity contribution in [3.05, 3.63) is 143 Å². The van der Waals surface area contributed by atoms with Crippen LogP contribution in [-0.2, 0) is 49.8 Å². The molecule has 8 rings (SSSR count). The summed E-state index contributed by atoms with van der Waals surface area (Å²) in [5.74, 6) is -1.64. The number of likely N-dealkylation sites (N-methyl/N-ethyl adjacent to an activating group) is 1. The SMILES string of the molecule is COC[C@@H](c1ccccc1)N1Cc2ccccc2C[C@H]1C(=O)NCc1ccc2c(ccn2C(=O)N[C@H]2C[C@@H](C(=O)N[C@H]3CCCc4ccccc43)N(C(=O)[C@@H](NC(=O)[C@H](C)N(C)C(=O)O)C(C)(C)C)C2)c1. The number of hydrogen-bond donors (Lipinski definition) is 5. The van der Waals surface area contributed by atoms with Crippen LogP contribution in [0.3, 0.4) is 0 Å². The van der Waals surface area contributed by atoms with E-state index < -0.39 is 59.6 Å². The van der Waals surface area contributed by atoms with Gasteiger partial charge in [0.1, 0.15) is 18.1 Å². The number of amides is 6. The van der Waals surface area contributed by atoms with Gasteiger partial charge >= 0.3 is 12.1 Å². The van der Waals surface area contributed by atoms with Crippen LogP contribution in [0.15, 0.2) is 109 Å². The molecule has 71 heavy (non-hydrogen) atoms. The van der Waals surface area contributed by atoms with Crippen molar-refractivity contribution < 1.29 is 38.6 Å². The lowest BCUT2D eigenvalue weighted by Gasteiger charge is -2.41. The van der Waals surface area contributed by atoms with Gasteiger partial charge in [0.15, 0.2) is 0 Å². The first-order chi connectivity index (χ1) is 34.0. The fraction of sp³-hybridized carbons (Fsp3) is 0.418. The highest BCUT2D eigenvalue weighted by Crippen LogP contribution is 2.34. The van der Waals surface area contributed by atoms with Crippen molar-refractivity contribution in [2.45, 2.75) is 115 Å². The minimum absolute atomic E-state index is 0.0123. The highest BCUT2D eigenvalue weighted by molar-refractivity contribution is 5.96. The zero-order valence-electron chi connectivity index (χ0n) is 41.4. The minimum Gasteiger partial charge on any atom is -0.465 e. The molecule has 16 nitrogen and oxygen atoms in total. The van der Waals surface area contributed by atoms with Crippen LogP contribution in [-0.4, -0.2) is 118 Å². The summed E-state index contributed by atoms with van der Waals surface area (Å²) in [6.45, 7) is 8.08. The van der Waals surface area contributed by atoms with Crippen LogP contribution >= 0.6 is 0 Å². The second kappa shape index (κ2) is 21.5. The zero-order valence-corrected chi connectivity index (χ0v) is 41.4. The van der Waals surface area contributed by atoms with E-state index in [1.54, 1.807) is 34.1 Å². The first kappa shape index (κ1) is 50.4.